The van der Waals surface area contributed by atoms with Crippen LogP contribution in [0.3, 0.4) is 0 Å². The van der Waals surface area contributed by atoms with Gasteiger partial charge in [0.2, 0.25) is 0 Å². The molecule has 1 atom stereocenters. The number of benzene rings is 1. The quantitative estimate of drug-likeness (QED) is 0.620. The summed E-state index contributed by atoms with van der Waals surface area (Å²) in [5, 5.41) is 22.0. The van der Waals surface area contributed by atoms with Crippen molar-refractivity contribution in [1.29, 1.82) is 0 Å². The Bertz CT molecular complexity index is 591. The van der Waals surface area contributed by atoms with E-state index >= 15 is 0 Å². The van der Waals surface area contributed by atoms with Crippen LogP contribution < -0.4 is 5.32 Å². The zero-order valence-corrected chi connectivity index (χ0v) is 15.4. The number of likely N-dealkylation sites (tertiary alicyclic amines) is 1. The van der Waals surface area contributed by atoms with Crippen LogP contribution in [-0.4, -0.2) is 64.9 Å². The molecule has 3 N–H and O–H groups in total. The number of carbonyl (C=O) groups excluding carboxylic acids is 1. The second-order valence-electron chi connectivity index (χ2n) is 7.61. The molecule has 1 aliphatic heterocycles. The number of urea groups is 1. The van der Waals surface area contributed by atoms with E-state index in [4.69, 9.17) is 0 Å². The van der Waals surface area contributed by atoms with Crippen molar-refractivity contribution in [3.63, 3.8) is 0 Å². The minimum atomic E-state index is -0.0114. The van der Waals surface area contributed by atoms with Crippen molar-refractivity contribution in [1.82, 2.24) is 15.1 Å². The molecule has 1 aromatic rings. The van der Waals surface area contributed by atoms with Crippen LogP contribution in [0.5, 0.6) is 5.75 Å². The average Bonchev–Trinajstić information content (AvgIpc) is 3.48. The van der Waals surface area contributed by atoms with Gasteiger partial charge in [-0.1, -0.05) is 12.1 Å². The molecule has 2 aliphatic rings. The minimum Gasteiger partial charge on any atom is -0.508 e. The highest BCUT2D eigenvalue weighted by molar-refractivity contribution is 5.74. The van der Waals surface area contributed by atoms with Gasteiger partial charge in [-0.25, -0.2) is 4.79 Å². The summed E-state index contributed by atoms with van der Waals surface area (Å²) in [4.78, 5) is 16.8. The standard InChI is InChI=1S/C20H31N3O3/c24-15-17-5-2-10-22(13-17)11-3-9-21-20(26)23(18-7-8-18)14-16-4-1-6-19(25)12-16/h1,4,6,12,17-18,24-25H,2-3,5,7-11,13-15H2,(H,21,26)/t17-/m0/s1. The first-order valence-corrected chi connectivity index (χ1v) is 9.81. The molecule has 0 aromatic heterocycles. The number of aromatic hydroxyl groups is 1. The number of piperidine rings is 1. The van der Waals surface area contributed by atoms with Crippen LogP contribution in [0.4, 0.5) is 4.79 Å². The second kappa shape index (κ2) is 9.24. The van der Waals surface area contributed by atoms with Gasteiger partial charge in [-0.2, -0.15) is 0 Å². The smallest absolute Gasteiger partial charge is 0.317 e. The minimum absolute atomic E-state index is 0.0114. The lowest BCUT2D eigenvalue weighted by molar-refractivity contribution is 0.119. The van der Waals surface area contributed by atoms with Gasteiger partial charge in [-0.15, -0.1) is 0 Å². The third-order valence-corrected chi connectivity index (χ3v) is 5.30. The van der Waals surface area contributed by atoms with Crippen molar-refractivity contribution in [3.05, 3.63) is 29.8 Å². The van der Waals surface area contributed by atoms with Crippen molar-refractivity contribution in [2.24, 2.45) is 5.92 Å². The summed E-state index contributed by atoms with van der Waals surface area (Å²) in [6.45, 7) is 4.51. The van der Waals surface area contributed by atoms with Gasteiger partial charge < -0.3 is 25.3 Å². The fraction of sp³-hybridized carbons (Fsp3) is 0.650. The van der Waals surface area contributed by atoms with E-state index in [9.17, 15) is 15.0 Å². The van der Waals surface area contributed by atoms with Crippen molar-refractivity contribution in [2.75, 3.05) is 32.8 Å². The summed E-state index contributed by atoms with van der Waals surface area (Å²) in [5.74, 6) is 0.646. The molecule has 3 rings (SSSR count). The maximum Gasteiger partial charge on any atom is 0.317 e. The molecule has 0 radical (unpaired) electrons. The fourth-order valence-corrected chi connectivity index (χ4v) is 3.71. The molecule has 1 saturated carbocycles. The second-order valence-corrected chi connectivity index (χ2v) is 7.61. The lowest BCUT2D eigenvalue weighted by atomic mass is 9.99. The predicted molar refractivity (Wildman–Crippen MR) is 101 cm³/mol. The van der Waals surface area contributed by atoms with Crippen LogP contribution >= 0.6 is 0 Å². The van der Waals surface area contributed by atoms with Crippen LogP contribution in [0.2, 0.25) is 0 Å². The van der Waals surface area contributed by atoms with Crippen LogP contribution in [0.1, 0.15) is 37.7 Å². The van der Waals surface area contributed by atoms with Crippen molar-refractivity contribution < 1.29 is 15.0 Å². The molecule has 6 nitrogen and oxygen atoms in total. The monoisotopic (exact) mass is 361 g/mol. The largest absolute Gasteiger partial charge is 0.508 e. The molecule has 2 amide bonds. The number of rotatable bonds is 8. The third kappa shape index (κ3) is 5.61. The molecule has 0 spiro atoms. The molecule has 6 heteroatoms. The summed E-state index contributed by atoms with van der Waals surface area (Å²) in [6, 6.07) is 7.43. The van der Waals surface area contributed by atoms with Crippen LogP contribution in [0.25, 0.3) is 0 Å². The van der Waals surface area contributed by atoms with E-state index in [1.807, 2.05) is 17.0 Å². The van der Waals surface area contributed by atoms with Gasteiger partial charge in [0.25, 0.3) is 0 Å². The maximum atomic E-state index is 12.6. The zero-order valence-electron chi connectivity index (χ0n) is 15.4. The number of phenols is 1. The normalized spacial score (nSPS) is 20.7. The van der Waals surface area contributed by atoms with Gasteiger partial charge in [0, 0.05) is 32.3 Å². The van der Waals surface area contributed by atoms with Crippen LogP contribution in [0, 0.1) is 5.92 Å². The number of aliphatic hydroxyl groups is 1. The Labute approximate surface area is 155 Å². The van der Waals surface area contributed by atoms with Gasteiger partial charge in [0.1, 0.15) is 5.75 Å². The Morgan fingerprint density at radius 1 is 1.31 bits per heavy atom. The van der Waals surface area contributed by atoms with Crippen molar-refractivity contribution in [3.8, 4) is 5.75 Å². The van der Waals surface area contributed by atoms with Gasteiger partial charge in [0.15, 0.2) is 0 Å². The summed E-state index contributed by atoms with van der Waals surface area (Å²) in [5.41, 5.74) is 0.954. The molecule has 1 saturated heterocycles. The molecule has 0 unspecified atom stereocenters. The maximum absolute atomic E-state index is 12.6. The summed E-state index contributed by atoms with van der Waals surface area (Å²) < 4.78 is 0. The molecule has 2 fully saturated rings. The Kier molecular flexibility index (Phi) is 6.74. The van der Waals surface area contributed by atoms with E-state index in [1.54, 1.807) is 12.1 Å². The lowest BCUT2D eigenvalue weighted by Crippen LogP contribution is -2.42. The number of nitrogens with one attached hydrogen (secondary N) is 1. The van der Waals surface area contributed by atoms with Gasteiger partial charge in [-0.3, -0.25) is 0 Å². The van der Waals surface area contributed by atoms with Crippen LogP contribution in [-0.2, 0) is 6.54 Å². The number of phenolic OH excluding ortho intramolecular Hbond substituents is 1. The van der Waals surface area contributed by atoms with Gasteiger partial charge in [0.05, 0.1) is 0 Å². The summed E-state index contributed by atoms with van der Waals surface area (Å²) in [6.07, 6.45) is 5.31. The molecule has 1 aliphatic carbocycles. The molecule has 144 valence electrons. The summed E-state index contributed by atoms with van der Waals surface area (Å²) in [7, 11) is 0. The Morgan fingerprint density at radius 3 is 2.88 bits per heavy atom. The number of hydrogen-bond donors (Lipinski definition) is 3. The number of amides is 2. The number of carbonyl (C=O) groups is 1. The van der Waals surface area contributed by atoms with E-state index in [0.717, 1.165) is 57.3 Å². The van der Waals surface area contributed by atoms with E-state index in [-0.39, 0.29) is 18.4 Å². The van der Waals surface area contributed by atoms with E-state index in [0.29, 0.717) is 25.0 Å². The van der Waals surface area contributed by atoms with E-state index in [1.165, 1.54) is 0 Å². The highest BCUT2D eigenvalue weighted by atomic mass is 16.3. The number of aliphatic hydroxyl groups excluding tert-OH is 1. The molecule has 26 heavy (non-hydrogen) atoms. The lowest BCUT2D eigenvalue weighted by Gasteiger charge is -2.31. The average molecular weight is 361 g/mol. The molecular weight excluding hydrogens is 330 g/mol. The SMILES string of the molecule is O=C(NCCCN1CCC[C@H](CO)C1)N(Cc1cccc(O)c1)C1CC1. The summed E-state index contributed by atoms with van der Waals surface area (Å²) >= 11 is 0. The Balaban J connectivity index is 1.41. The van der Waals surface area contributed by atoms with E-state index in [2.05, 4.69) is 10.2 Å². The first kappa shape index (κ1) is 19.0. The first-order chi connectivity index (χ1) is 12.7. The highest BCUT2D eigenvalue weighted by Crippen LogP contribution is 2.28. The van der Waals surface area contributed by atoms with Crippen molar-refractivity contribution >= 4 is 6.03 Å². The topological polar surface area (TPSA) is 76.0 Å². The number of nitrogens with zero attached hydrogens (tertiary/aromatic N) is 2. The Morgan fingerprint density at radius 2 is 2.15 bits per heavy atom. The molecule has 1 heterocycles. The molecule has 0 bridgehead atoms. The fourth-order valence-electron chi connectivity index (χ4n) is 3.71. The van der Waals surface area contributed by atoms with E-state index < -0.39 is 0 Å². The molecule has 1 aromatic carbocycles. The zero-order chi connectivity index (χ0) is 18.4. The predicted octanol–water partition coefficient (Wildman–Crippen LogP) is 2.16. The third-order valence-electron chi connectivity index (χ3n) is 5.30. The number of hydrogen-bond acceptors (Lipinski definition) is 4. The van der Waals surface area contributed by atoms with Gasteiger partial charge >= 0.3 is 6.03 Å². The van der Waals surface area contributed by atoms with Crippen LogP contribution in [0.15, 0.2) is 24.3 Å². The molecular formula is C20H31N3O3. The Hall–Kier alpha value is -1.79. The van der Waals surface area contributed by atoms with Gasteiger partial charge in [-0.05, 0) is 68.8 Å². The first-order valence-electron chi connectivity index (χ1n) is 9.81. The van der Waals surface area contributed by atoms with Crippen molar-refractivity contribution in [2.45, 2.75) is 44.7 Å². The highest BCUT2D eigenvalue weighted by Gasteiger charge is 2.32.